The highest BCUT2D eigenvalue weighted by molar-refractivity contribution is 6.62. The van der Waals surface area contributed by atoms with Crippen LogP contribution in [-0.4, -0.2) is 64.9 Å². The van der Waals surface area contributed by atoms with Crippen LogP contribution in [0.3, 0.4) is 0 Å². The van der Waals surface area contributed by atoms with E-state index in [9.17, 15) is 9.59 Å². The zero-order chi connectivity index (χ0) is 30.7. The average Bonchev–Trinajstić information content (AvgIpc) is 3.74. The lowest BCUT2D eigenvalue weighted by atomic mass is 9.78. The fourth-order valence-corrected chi connectivity index (χ4v) is 6.36. The highest BCUT2D eigenvalue weighted by Gasteiger charge is 2.51. The van der Waals surface area contributed by atoms with Crippen molar-refractivity contribution in [1.29, 1.82) is 0 Å². The molecule has 2 aliphatic heterocycles. The van der Waals surface area contributed by atoms with E-state index in [1.165, 1.54) is 29.4 Å². The molecule has 0 radical (unpaired) electrons. The lowest BCUT2D eigenvalue weighted by Crippen LogP contribution is -2.51. The van der Waals surface area contributed by atoms with Crippen molar-refractivity contribution in [3.8, 4) is 22.4 Å². The van der Waals surface area contributed by atoms with Gasteiger partial charge in [-0.05, 0) is 86.7 Å². The largest absolute Gasteiger partial charge is 0.494 e. The number of methoxy groups -OCH3 is 1. The number of likely N-dealkylation sites (tertiary alicyclic amines) is 1. The summed E-state index contributed by atoms with van der Waals surface area (Å²) in [5.41, 5.74) is 7.16. The predicted octanol–water partition coefficient (Wildman–Crippen LogP) is 4.99. The molecule has 3 aliphatic rings. The van der Waals surface area contributed by atoms with E-state index in [1.54, 1.807) is 0 Å². The van der Waals surface area contributed by atoms with E-state index in [0.717, 1.165) is 41.8 Å². The molecule has 2 fully saturated rings. The lowest BCUT2D eigenvalue weighted by Gasteiger charge is -2.32. The molecular weight excluding hydrogens is 543 g/mol. The number of imidazole rings is 1. The summed E-state index contributed by atoms with van der Waals surface area (Å²) in [6.45, 7) is 12.8. The van der Waals surface area contributed by atoms with Crippen molar-refractivity contribution in [2.45, 2.75) is 84.1 Å². The minimum absolute atomic E-state index is 0.0801. The number of hydrogen-bond donors (Lipinski definition) is 2. The van der Waals surface area contributed by atoms with E-state index in [1.807, 2.05) is 24.9 Å². The molecule has 3 aromatic rings. The Bertz CT molecular complexity index is 1550. The molecule has 9 nitrogen and oxygen atoms in total. The number of nitrogens with one attached hydrogen (secondary N) is 2. The third-order valence-electron chi connectivity index (χ3n) is 9.57. The third kappa shape index (κ3) is 5.25. The Balaban J connectivity index is 1.19. The van der Waals surface area contributed by atoms with Gasteiger partial charge in [0.1, 0.15) is 11.9 Å². The van der Waals surface area contributed by atoms with Gasteiger partial charge >= 0.3 is 13.2 Å². The van der Waals surface area contributed by atoms with E-state index < -0.39 is 12.1 Å². The number of aromatic nitrogens is 2. The van der Waals surface area contributed by atoms with Gasteiger partial charge in [-0.1, -0.05) is 44.2 Å². The lowest BCUT2D eigenvalue weighted by molar-refractivity contribution is -0.135. The van der Waals surface area contributed by atoms with E-state index in [0.29, 0.717) is 6.54 Å². The smallest absolute Gasteiger partial charge is 0.453 e. The maximum absolute atomic E-state index is 13.5. The molecule has 2 atom stereocenters. The van der Waals surface area contributed by atoms with Gasteiger partial charge in [-0.2, -0.15) is 0 Å². The third-order valence-corrected chi connectivity index (χ3v) is 9.57. The summed E-state index contributed by atoms with van der Waals surface area (Å²) in [4.78, 5) is 35.5. The SMILES string of the molecule is COC(=O)N[C@H](C(=O)N1CCC[C@H]1c1nc(-c2ccc3c(c2)Cc2cc(B4OC(C)(C)C(C)(C)O4)ccc2-3)c[nH]1)C(C)C. The number of benzene rings is 2. The summed E-state index contributed by atoms with van der Waals surface area (Å²) in [5.74, 6) is 0.567. The van der Waals surface area contributed by atoms with E-state index in [2.05, 4.69) is 74.4 Å². The topological polar surface area (TPSA) is 106 Å². The number of H-pyrrole nitrogens is 1. The molecule has 0 unspecified atom stereocenters. The Kier molecular flexibility index (Phi) is 7.41. The van der Waals surface area contributed by atoms with Crippen LogP contribution in [0.2, 0.25) is 0 Å². The maximum atomic E-state index is 13.5. The second-order valence-electron chi connectivity index (χ2n) is 13.3. The molecule has 2 N–H and O–H groups in total. The van der Waals surface area contributed by atoms with Crippen LogP contribution in [0.4, 0.5) is 4.79 Å². The van der Waals surface area contributed by atoms with Gasteiger partial charge < -0.3 is 29.2 Å². The second kappa shape index (κ2) is 10.8. The van der Waals surface area contributed by atoms with Gasteiger partial charge in [-0.15, -0.1) is 0 Å². The minimum atomic E-state index is -0.661. The van der Waals surface area contributed by atoms with Crippen LogP contribution in [0.5, 0.6) is 0 Å². The Labute approximate surface area is 253 Å². The molecule has 2 aromatic carbocycles. The molecule has 1 aliphatic carbocycles. The van der Waals surface area contributed by atoms with Gasteiger partial charge in [0.05, 0.1) is 30.0 Å². The normalized spacial score (nSPS) is 20.7. The monoisotopic (exact) mass is 584 g/mol. The summed E-state index contributed by atoms with van der Waals surface area (Å²) < 4.78 is 17.3. The van der Waals surface area contributed by atoms with Crippen LogP contribution in [0.25, 0.3) is 22.4 Å². The van der Waals surface area contributed by atoms with E-state index in [-0.39, 0.29) is 36.2 Å². The van der Waals surface area contributed by atoms with Crippen LogP contribution >= 0.6 is 0 Å². The van der Waals surface area contributed by atoms with E-state index >= 15 is 0 Å². The van der Waals surface area contributed by atoms with Crippen molar-refractivity contribution in [3.63, 3.8) is 0 Å². The quantitative estimate of drug-likeness (QED) is 0.310. The number of alkyl carbamates (subject to hydrolysis) is 1. The molecule has 0 spiro atoms. The molecule has 226 valence electrons. The van der Waals surface area contributed by atoms with Crippen LogP contribution in [0.1, 0.15) is 77.4 Å². The van der Waals surface area contributed by atoms with Crippen LogP contribution < -0.4 is 10.8 Å². The van der Waals surface area contributed by atoms with Crippen molar-refractivity contribution in [3.05, 3.63) is 59.5 Å². The Hall–Kier alpha value is -3.63. The molecule has 3 heterocycles. The predicted molar refractivity (Wildman–Crippen MR) is 166 cm³/mol. The molecule has 10 heteroatoms. The number of amides is 2. The summed E-state index contributed by atoms with van der Waals surface area (Å²) in [6, 6.07) is 12.2. The van der Waals surface area contributed by atoms with Crippen molar-refractivity contribution < 1.29 is 23.6 Å². The zero-order valence-corrected chi connectivity index (χ0v) is 26.1. The van der Waals surface area contributed by atoms with Crippen LogP contribution in [0, 0.1) is 5.92 Å². The molecule has 0 bridgehead atoms. The number of hydrogen-bond acceptors (Lipinski definition) is 6. The Morgan fingerprint density at radius 3 is 2.42 bits per heavy atom. The molecule has 0 saturated carbocycles. The van der Waals surface area contributed by atoms with Gasteiger partial charge in [0, 0.05) is 18.3 Å². The molecule has 2 amide bonds. The fraction of sp³-hybridized carbons (Fsp3) is 0.485. The zero-order valence-electron chi connectivity index (χ0n) is 26.1. The van der Waals surface area contributed by atoms with Gasteiger partial charge in [-0.25, -0.2) is 9.78 Å². The van der Waals surface area contributed by atoms with Gasteiger partial charge in [-0.3, -0.25) is 4.79 Å². The fourth-order valence-electron chi connectivity index (χ4n) is 6.36. The number of rotatable bonds is 6. The Morgan fingerprint density at radius 2 is 1.74 bits per heavy atom. The first-order valence-electron chi connectivity index (χ1n) is 15.2. The molecule has 2 saturated heterocycles. The molecule has 1 aromatic heterocycles. The van der Waals surface area contributed by atoms with Gasteiger partial charge in [0.15, 0.2) is 0 Å². The standard InChI is InChI=1S/C33H41BN4O5/c1-19(2)28(37-31(40)41-7)30(39)38-14-8-9-27(38)29-35-18-26(36-29)20-10-12-24-21(15-20)16-22-17-23(11-13-25(22)24)34-42-32(3,4)33(5,6)43-34/h10-13,15,17-19,27-28H,8-9,14,16H2,1-7H3,(H,35,36)(H,37,40)/t27-,28-/m0/s1. The maximum Gasteiger partial charge on any atom is 0.494 e. The molecule has 43 heavy (non-hydrogen) atoms. The van der Waals surface area contributed by atoms with Crippen molar-refractivity contribution >= 4 is 24.6 Å². The highest BCUT2D eigenvalue weighted by atomic mass is 16.7. The van der Waals surface area contributed by atoms with Crippen molar-refractivity contribution in [1.82, 2.24) is 20.2 Å². The summed E-state index contributed by atoms with van der Waals surface area (Å²) in [6.07, 6.45) is 3.83. The second-order valence-corrected chi connectivity index (χ2v) is 13.3. The van der Waals surface area contributed by atoms with Gasteiger partial charge in [0.2, 0.25) is 5.91 Å². The first kappa shape index (κ1) is 29.4. The minimum Gasteiger partial charge on any atom is -0.453 e. The summed E-state index contributed by atoms with van der Waals surface area (Å²) in [5, 5.41) is 2.71. The summed E-state index contributed by atoms with van der Waals surface area (Å²) >= 11 is 0. The molecule has 6 rings (SSSR count). The van der Waals surface area contributed by atoms with Crippen LogP contribution in [-0.2, 0) is 25.3 Å². The number of aromatic amines is 1. The number of carbonyl (C=O) groups is 2. The highest BCUT2D eigenvalue weighted by Crippen LogP contribution is 2.40. The number of carbonyl (C=O) groups excluding carboxylic acids is 2. The number of ether oxygens (including phenoxy) is 1. The van der Waals surface area contributed by atoms with Crippen molar-refractivity contribution in [2.24, 2.45) is 5.92 Å². The van der Waals surface area contributed by atoms with E-state index in [4.69, 9.17) is 19.0 Å². The van der Waals surface area contributed by atoms with Crippen LogP contribution in [0.15, 0.2) is 42.6 Å². The number of nitrogens with zero attached hydrogens (tertiary/aromatic N) is 2. The van der Waals surface area contributed by atoms with Gasteiger partial charge in [0.25, 0.3) is 0 Å². The first-order valence-corrected chi connectivity index (χ1v) is 15.2. The number of fused-ring (bicyclic) bond motifs is 3. The Morgan fingerprint density at radius 1 is 1.07 bits per heavy atom. The summed E-state index contributed by atoms with van der Waals surface area (Å²) in [7, 11) is 0.919. The molecular formula is C33H41BN4O5. The van der Waals surface area contributed by atoms with Crippen molar-refractivity contribution in [2.75, 3.05) is 13.7 Å². The first-order chi connectivity index (χ1) is 20.4. The average molecular weight is 585 g/mol.